The number of aliphatic hydroxyl groups is 1. The van der Waals surface area contributed by atoms with Gasteiger partial charge in [0.1, 0.15) is 12.2 Å². The van der Waals surface area contributed by atoms with Gasteiger partial charge in [-0.2, -0.15) is 0 Å². The predicted molar refractivity (Wildman–Crippen MR) is 90.5 cm³/mol. The molecule has 0 amide bonds. The smallest absolute Gasteiger partial charge is 0.332 e. The molecule has 6 nitrogen and oxygen atoms in total. The molecule has 0 aromatic rings. The van der Waals surface area contributed by atoms with Gasteiger partial charge in [-0.3, -0.25) is 0 Å². The van der Waals surface area contributed by atoms with Crippen LogP contribution in [0.3, 0.4) is 0 Å². The first kappa shape index (κ1) is 19.1. The molecule has 0 spiro atoms. The first-order chi connectivity index (χ1) is 11.9. The Bertz CT molecular complexity index is 483. The average Bonchev–Trinajstić information content (AvgIpc) is 2.68. The van der Waals surface area contributed by atoms with Crippen molar-refractivity contribution in [1.82, 2.24) is 0 Å². The fourth-order valence-electron chi connectivity index (χ4n) is 5.08. The number of rotatable bonds is 4. The number of hydrogen-bond donors (Lipinski definition) is 1. The van der Waals surface area contributed by atoms with Crippen LogP contribution in [0.4, 0.5) is 0 Å². The summed E-state index contributed by atoms with van der Waals surface area (Å²) in [5, 5.41) is 11.7. The molecular weight excluding hydrogens is 324 g/mol. The normalized spacial score (nSPS) is 46.8. The Labute approximate surface area is 150 Å². The molecule has 144 valence electrons. The van der Waals surface area contributed by atoms with Crippen molar-refractivity contribution in [2.45, 2.75) is 77.7 Å². The Morgan fingerprint density at radius 3 is 2.56 bits per heavy atom. The summed E-state index contributed by atoms with van der Waals surface area (Å²) >= 11 is 0. The van der Waals surface area contributed by atoms with Crippen LogP contribution in [0.15, 0.2) is 0 Å². The molecule has 0 aromatic carbocycles. The van der Waals surface area contributed by atoms with Crippen molar-refractivity contribution in [2.24, 2.45) is 23.7 Å². The molecule has 0 bridgehead atoms. The van der Waals surface area contributed by atoms with Crippen LogP contribution in [0.5, 0.6) is 0 Å². The summed E-state index contributed by atoms with van der Waals surface area (Å²) in [6.45, 7) is 8.23. The Hall–Kier alpha value is -0.690. The molecule has 0 radical (unpaired) electrons. The topological polar surface area (TPSA) is 74.2 Å². The van der Waals surface area contributed by atoms with Gasteiger partial charge in [-0.05, 0) is 51.4 Å². The van der Waals surface area contributed by atoms with Gasteiger partial charge in [0.15, 0.2) is 12.6 Å². The van der Waals surface area contributed by atoms with Crippen molar-refractivity contribution in [3.63, 3.8) is 0 Å². The number of hydrogen-bond acceptors (Lipinski definition) is 6. The van der Waals surface area contributed by atoms with Crippen LogP contribution in [0.1, 0.15) is 53.4 Å². The molecule has 1 N–H and O–H groups in total. The molecule has 1 aliphatic carbocycles. The van der Waals surface area contributed by atoms with E-state index < -0.39 is 24.2 Å². The minimum Gasteiger partial charge on any atom is -0.464 e. The Morgan fingerprint density at radius 1 is 1.12 bits per heavy atom. The van der Waals surface area contributed by atoms with Gasteiger partial charge in [0.2, 0.25) is 0 Å². The number of carbonyl (C=O) groups excluding carboxylic acids is 1. The van der Waals surface area contributed by atoms with Gasteiger partial charge >= 0.3 is 5.97 Å². The van der Waals surface area contributed by atoms with Crippen molar-refractivity contribution in [1.29, 1.82) is 0 Å². The van der Waals surface area contributed by atoms with Crippen molar-refractivity contribution in [2.75, 3.05) is 13.2 Å². The molecule has 0 aromatic heterocycles. The van der Waals surface area contributed by atoms with E-state index in [0.29, 0.717) is 12.5 Å². The summed E-state index contributed by atoms with van der Waals surface area (Å²) < 4.78 is 22.8. The van der Waals surface area contributed by atoms with Crippen molar-refractivity contribution < 1.29 is 28.8 Å². The summed E-state index contributed by atoms with van der Waals surface area (Å²) in [6.07, 6.45) is 2.65. The third-order valence-corrected chi connectivity index (χ3v) is 6.42. The second kappa shape index (κ2) is 7.51. The van der Waals surface area contributed by atoms with Gasteiger partial charge in [-0.1, -0.05) is 13.8 Å². The maximum Gasteiger partial charge on any atom is 0.332 e. The van der Waals surface area contributed by atoms with E-state index in [4.69, 9.17) is 18.9 Å². The fourth-order valence-corrected chi connectivity index (χ4v) is 5.08. The molecule has 3 fully saturated rings. The van der Waals surface area contributed by atoms with Crippen LogP contribution >= 0.6 is 0 Å². The second-order valence-electron chi connectivity index (χ2n) is 7.99. The van der Waals surface area contributed by atoms with Crippen molar-refractivity contribution in [3.8, 4) is 0 Å². The van der Waals surface area contributed by atoms with Gasteiger partial charge in [-0.15, -0.1) is 0 Å². The molecule has 3 unspecified atom stereocenters. The van der Waals surface area contributed by atoms with E-state index in [9.17, 15) is 9.90 Å². The lowest BCUT2D eigenvalue weighted by atomic mass is 9.58. The van der Waals surface area contributed by atoms with Gasteiger partial charge in [0.25, 0.3) is 0 Å². The van der Waals surface area contributed by atoms with Gasteiger partial charge < -0.3 is 24.1 Å². The third kappa shape index (κ3) is 3.46. The largest absolute Gasteiger partial charge is 0.464 e. The number of ether oxygens (including phenoxy) is 4. The summed E-state index contributed by atoms with van der Waals surface area (Å²) in [7, 11) is 0. The predicted octanol–water partition coefficient (Wildman–Crippen LogP) is 2.48. The summed E-state index contributed by atoms with van der Waals surface area (Å²) in [6, 6.07) is 0. The van der Waals surface area contributed by atoms with Gasteiger partial charge in [0, 0.05) is 11.8 Å². The third-order valence-electron chi connectivity index (χ3n) is 6.42. The average molecular weight is 356 g/mol. The molecule has 3 rings (SSSR count). The monoisotopic (exact) mass is 356 g/mol. The first-order valence-corrected chi connectivity index (χ1v) is 9.68. The lowest BCUT2D eigenvalue weighted by molar-refractivity contribution is -0.381. The fraction of sp³-hybridized carbons (Fsp3) is 0.947. The molecule has 1 saturated carbocycles. The zero-order valence-corrected chi connectivity index (χ0v) is 15.8. The lowest BCUT2D eigenvalue weighted by Gasteiger charge is -2.57. The first-order valence-electron chi connectivity index (χ1n) is 9.68. The van der Waals surface area contributed by atoms with E-state index in [0.717, 1.165) is 25.7 Å². The van der Waals surface area contributed by atoms with Crippen LogP contribution < -0.4 is 0 Å². The highest BCUT2D eigenvalue weighted by atomic mass is 16.8. The zero-order chi connectivity index (χ0) is 18.2. The number of esters is 1. The standard InChI is InChI=1S/C19H32O6/c1-5-22-16(20)10-23-17-13(4)15-8-6-11(2)14-9-7-12(3)24-18(25-17)19(14,15)21/h11-15,17-18,21H,5-10H2,1-4H3/t11-,12+,13-,14?,15?,17?,18+,19-/m1/s1. The Morgan fingerprint density at radius 2 is 1.84 bits per heavy atom. The van der Waals surface area contributed by atoms with Gasteiger partial charge in [0.05, 0.1) is 12.7 Å². The molecule has 3 aliphatic rings. The molecule has 8 atom stereocenters. The molecule has 2 heterocycles. The van der Waals surface area contributed by atoms with Crippen LogP contribution in [0, 0.1) is 23.7 Å². The van der Waals surface area contributed by atoms with Crippen LogP contribution in [-0.2, 0) is 23.7 Å². The minimum atomic E-state index is -0.981. The van der Waals surface area contributed by atoms with Gasteiger partial charge in [-0.25, -0.2) is 4.79 Å². The highest BCUT2D eigenvalue weighted by Crippen LogP contribution is 2.54. The second-order valence-corrected chi connectivity index (χ2v) is 7.99. The van der Waals surface area contributed by atoms with Crippen LogP contribution in [0.25, 0.3) is 0 Å². The van der Waals surface area contributed by atoms with Crippen LogP contribution in [0.2, 0.25) is 0 Å². The van der Waals surface area contributed by atoms with E-state index in [2.05, 4.69) is 6.92 Å². The van der Waals surface area contributed by atoms with E-state index in [-0.39, 0.29) is 30.5 Å². The Kier molecular flexibility index (Phi) is 5.73. The summed E-state index contributed by atoms with van der Waals surface area (Å²) in [5.74, 6) is 0.261. The molecule has 6 heteroatoms. The quantitative estimate of drug-likeness (QED) is 0.780. The van der Waals surface area contributed by atoms with Crippen LogP contribution in [-0.4, -0.2) is 48.6 Å². The maximum absolute atomic E-state index is 11.7. The van der Waals surface area contributed by atoms with Crippen molar-refractivity contribution in [3.05, 3.63) is 0 Å². The lowest BCUT2D eigenvalue weighted by Crippen LogP contribution is -2.66. The molecular formula is C19H32O6. The van der Waals surface area contributed by atoms with Crippen molar-refractivity contribution >= 4 is 5.97 Å². The van der Waals surface area contributed by atoms with E-state index in [1.165, 1.54) is 0 Å². The van der Waals surface area contributed by atoms with E-state index in [1.54, 1.807) is 6.92 Å². The zero-order valence-electron chi connectivity index (χ0n) is 15.8. The maximum atomic E-state index is 11.7. The molecule has 25 heavy (non-hydrogen) atoms. The molecule has 2 saturated heterocycles. The highest BCUT2D eigenvalue weighted by molar-refractivity contribution is 5.70. The summed E-state index contributed by atoms with van der Waals surface area (Å²) in [4.78, 5) is 11.6. The van der Waals surface area contributed by atoms with E-state index in [1.807, 2.05) is 13.8 Å². The Balaban J connectivity index is 1.79. The molecule has 2 aliphatic heterocycles. The number of carbonyl (C=O) groups is 1. The SMILES string of the molecule is CCOC(=O)COC1O[C@@H]2O[C@@H](C)CCC3[C@H](C)CCC([C@H]1C)[C@]32O. The minimum absolute atomic E-state index is 0.0114. The van der Waals surface area contributed by atoms with E-state index >= 15 is 0 Å². The highest BCUT2D eigenvalue weighted by Gasteiger charge is 2.62. The summed E-state index contributed by atoms with van der Waals surface area (Å²) in [5.41, 5.74) is -0.981.